The monoisotopic (exact) mass is 277 g/mol. The van der Waals surface area contributed by atoms with E-state index < -0.39 is 0 Å². The van der Waals surface area contributed by atoms with Gasteiger partial charge in [0, 0.05) is 0 Å². The van der Waals surface area contributed by atoms with Gasteiger partial charge in [0.15, 0.2) is 5.13 Å². The van der Waals surface area contributed by atoms with Crippen LogP contribution in [0.4, 0.5) is 5.13 Å². The molecule has 1 unspecified atom stereocenters. The fourth-order valence-electron chi connectivity index (χ4n) is 2.19. The number of hydrogen-bond donors (Lipinski definition) is 2. The molecule has 1 aliphatic rings. The van der Waals surface area contributed by atoms with Crippen LogP contribution >= 0.6 is 11.3 Å². The lowest BCUT2D eigenvalue weighted by molar-refractivity contribution is -0.117. The molecule has 1 amide bonds. The first-order valence-electron chi connectivity index (χ1n) is 6.25. The molecule has 5 nitrogen and oxygen atoms in total. The summed E-state index contributed by atoms with van der Waals surface area (Å²) in [6.07, 6.45) is 1.94. The van der Waals surface area contributed by atoms with Crippen molar-refractivity contribution in [2.45, 2.75) is 18.9 Å². The maximum absolute atomic E-state index is 12.0. The van der Waals surface area contributed by atoms with E-state index in [1.165, 1.54) is 11.3 Å². The second-order valence-corrected chi connectivity index (χ2v) is 5.52. The van der Waals surface area contributed by atoms with Gasteiger partial charge in [0.2, 0.25) is 5.91 Å². The van der Waals surface area contributed by atoms with Crippen LogP contribution in [0.15, 0.2) is 18.2 Å². The minimum atomic E-state index is -0.0819. The third kappa shape index (κ3) is 2.54. The van der Waals surface area contributed by atoms with Crippen molar-refractivity contribution >= 4 is 32.6 Å². The summed E-state index contributed by atoms with van der Waals surface area (Å²) in [5.74, 6) is 0.801. The summed E-state index contributed by atoms with van der Waals surface area (Å²) in [6.45, 7) is 0.912. The van der Waals surface area contributed by atoms with Gasteiger partial charge in [-0.1, -0.05) is 11.3 Å². The molecule has 1 fully saturated rings. The highest BCUT2D eigenvalue weighted by Crippen LogP contribution is 2.29. The number of carbonyl (C=O) groups is 1. The lowest BCUT2D eigenvalue weighted by atomic mass is 10.2. The molecule has 2 heterocycles. The van der Waals surface area contributed by atoms with Gasteiger partial charge in [-0.15, -0.1) is 0 Å². The molecule has 1 atom stereocenters. The average Bonchev–Trinajstić information content (AvgIpc) is 3.06. The summed E-state index contributed by atoms with van der Waals surface area (Å²) in [6, 6.07) is 5.61. The largest absolute Gasteiger partial charge is 0.497 e. The zero-order valence-corrected chi connectivity index (χ0v) is 11.4. The topological polar surface area (TPSA) is 63.2 Å². The van der Waals surface area contributed by atoms with Crippen molar-refractivity contribution in [1.82, 2.24) is 10.3 Å². The minimum Gasteiger partial charge on any atom is -0.497 e. The van der Waals surface area contributed by atoms with Crippen molar-refractivity contribution in [3.8, 4) is 5.75 Å². The van der Waals surface area contributed by atoms with Gasteiger partial charge in [0.05, 0.1) is 23.4 Å². The maximum atomic E-state index is 12.0. The van der Waals surface area contributed by atoms with Gasteiger partial charge in [-0.25, -0.2) is 4.98 Å². The van der Waals surface area contributed by atoms with Crippen molar-refractivity contribution < 1.29 is 9.53 Å². The summed E-state index contributed by atoms with van der Waals surface area (Å²) < 4.78 is 6.18. The second kappa shape index (κ2) is 5.14. The van der Waals surface area contributed by atoms with Crippen LogP contribution in [0.25, 0.3) is 10.2 Å². The van der Waals surface area contributed by atoms with E-state index >= 15 is 0 Å². The Balaban J connectivity index is 1.79. The SMILES string of the molecule is COc1ccc2nc(NC(=O)C3CCCN3)sc2c1. The Kier molecular flexibility index (Phi) is 3.35. The predicted octanol–water partition coefficient (Wildman–Crippen LogP) is 2.00. The highest BCUT2D eigenvalue weighted by molar-refractivity contribution is 7.22. The number of rotatable bonds is 3. The summed E-state index contributed by atoms with van der Waals surface area (Å²) in [4.78, 5) is 16.4. The Labute approximate surface area is 115 Å². The number of hydrogen-bond acceptors (Lipinski definition) is 5. The van der Waals surface area contributed by atoms with Crippen LogP contribution in [-0.4, -0.2) is 30.6 Å². The average molecular weight is 277 g/mol. The van der Waals surface area contributed by atoms with E-state index in [4.69, 9.17) is 4.74 Å². The Hall–Kier alpha value is -1.66. The molecule has 3 rings (SSSR count). The van der Waals surface area contributed by atoms with Gasteiger partial charge in [-0.05, 0) is 37.6 Å². The van der Waals surface area contributed by atoms with E-state index in [0.29, 0.717) is 5.13 Å². The van der Waals surface area contributed by atoms with E-state index in [0.717, 1.165) is 35.4 Å². The van der Waals surface area contributed by atoms with Crippen LogP contribution in [-0.2, 0) is 4.79 Å². The Morgan fingerprint density at radius 3 is 3.21 bits per heavy atom. The van der Waals surface area contributed by atoms with Crippen LogP contribution in [0.3, 0.4) is 0 Å². The Bertz CT molecular complexity index is 605. The number of anilines is 1. The number of aromatic nitrogens is 1. The van der Waals surface area contributed by atoms with E-state index in [-0.39, 0.29) is 11.9 Å². The van der Waals surface area contributed by atoms with E-state index in [9.17, 15) is 4.79 Å². The number of thiazole rings is 1. The lowest BCUT2D eigenvalue weighted by Gasteiger charge is -2.08. The number of amides is 1. The number of nitrogens with zero attached hydrogens (tertiary/aromatic N) is 1. The number of fused-ring (bicyclic) bond motifs is 1. The zero-order valence-electron chi connectivity index (χ0n) is 10.6. The number of benzene rings is 1. The van der Waals surface area contributed by atoms with Gasteiger partial charge in [-0.2, -0.15) is 0 Å². The third-order valence-corrected chi connectivity index (χ3v) is 4.14. The van der Waals surface area contributed by atoms with Gasteiger partial charge in [-0.3, -0.25) is 4.79 Å². The van der Waals surface area contributed by atoms with E-state index in [2.05, 4.69) is 15.6 Å². The predicted molar refractivity (Wildman–Crippen MR) is 75.8 cm³/mol. The van der Waals surface area contributed by atoms with E-state index in [1.807, 2.05) is 18.2 Å². The lowest BCUT2D eigenvalue weighted by Crippen LogP contribution is -2.35. The molecular formula is C13H15N3O2S. The fourth-order valence-corrected chi connectivity index (χ4v) is 3.08. The highest BCUT2D eigenvalue weighted by Gasteiger charge is 2.22. The summed E-state index contributed by atoms with van der Waals surface area (Å²) >= 11 is 1.46. The quantitative estimate of drug-likeness (QED) is 0.900. The molecule has 0 spiro atoms. The molecule has 0 bridgehead atoms. The number of carbonyl (C=O) groups excluding carboxylic acids is 1. The molecule has 1 aromatic carbocycles. The van der Waals surface area contributed by atoms with Crippen LogP contribution in [0.1, 0.15) is 12.8 Å². The highest BCUT2D eigenvalue weighted by atomic mass is 32.1. The normalized spacial score (nSPS) is 18.7. The van der Waals surface area contributed by atoms with Crippen molar-refractivity contribution in [2.75, 3.05) is 19.0 Å². The Morgan fingerprint density at radius 1 is 1.58 bits per heavy atom. The van der Waals surface area contributed by atoms with Crippen molar-refractivity contribution in [2.24, 2.45) is 0 Å². The smallest absolute Gasteiger partial charge is 0.243 e. The van der Waals surface area contributed by atoms with Gasteiger partial charge >= 0.3 is 0 Å². The molecule has 2 N–H and O–H groups in total. The molecule has 1 aliphatic heterocycles. The minimum absolute atomic E-state index is 0.00326. The fraction of sp³-hybridized carbons (Fsp3) is 0.385. The summed E-state index contributed by atoms with van der Waals surface area (Å²) in [5.41, 5.74) is 0.875. The van der Waals surface area contributed by atoms with E-state index in [1.54, 1.807) is 7.11 Å². The molecule has 0 aliphatic carbocycles. The van der Waals surface area contributed by atoms with Gasteiger partial charge in [0.1, 0.15) is 5.75 Å². The van der Waals surface area contributed by atoms with Crippen LogP contribution in [0, 0.1) is 0 Å². The number of ether oxygens (including phenoxy) is 1. The van der Waals surface area contributed by atoms with Gasteiger partial charge in [0.25, 0.3) is 0 Å². The van der Waals surface area contributed by atoms with Crippen molar-refractivity contribution in [3.63, 3.8) is 0 Å². The molecule has 1 aromatic heterocycles. The second-order valence-electron chi connectivity index (χ2n) is 4.49. The van der Waals surface area contributed by atoms with Crippen LogP contribution in [0.5, 0.6) is 5.75 Å². The zero-order chi connectivity index (χ0) is 13.2. The molecule has 1 saturated heterocycles. The van der Waals surface area contributed by atoms with Crippen molar-refractivity contribution in [3.05, 3.63) is 18.2 Å². The first kappa shape index (κ1) is 12.4. The van der Waals surface area contributed by atoms with Crippen LogP contribution in [0.2, 0.25) is 0 Å². The Morgan fingerprint density at radius 2 is 2.47 bits per heavy atom. The molecule has 0 saturated carbocycles. The molecular weight excluding hydrogens is 262 g/mol. The number of nitrogens with one attached hydrogen (secondary N) is 2. The maximum Gasteiger partial charge on any atom is 0.243 e. The van der Waals surface area contributed by atoms with Gasteiger partial charge < -0.3 is 15.4 Å². The molecule has 6 heteroatoms. The third-order valence-electron chi connectivity index (χ3n) is 3.20. The molecule has 100 valence electrons. The number of methoxy groups -OCH3 is 1. The molecule has 2 aromatic rings. The summed E-state index contributed by atoms with van der Waals surface area (Å²) in [7, 11) is 1.64. The molecule has 0 radical (unpaired) electrons. The molecule has 19 heavy (non-hydrogen) atoms. The standard InChI is InChI=1S/C13H15N3O2S/c1-18-8-4-5-9-11(7-8)19-13(15-9)16-12(17)10-3-2-6-14-10/h4-5,7,10,14H,2-3,6H2,1H3,(H,15,16,17). The first-order chi connectivity index (χ1) is 9.26. The summed E-state index contributed by atoms with van der Waals surface area (Å²) in [5, 5.41) is 6.69. The van der Waals surface area contributed by atoms with Crippen molar-refractivity contribution in [1.29, 1.82) is 0 Å². The van der Waals surface area contributed by atoms with Crippen LogP contribution < -0.4 is 15.4 Å². The first-order valence-corrected chi connectivity index (χ1v) is 7.07.